The van der Waals surface area contributed by atoms with Crippen molar-refractivity contribution in [3.63, 3.8) is 0 Å². The summed E-state index contributed by atoms with van der Waals surface area (Å²) < 4.78 is 10.3. The van der Waals surface area contributed by atoms with Crippen LogP contribution in [0.3, 0.4) is 0 Å². The molecule has 0 aliphatic carbocycles. The second-order valence-electron chi connectivity index (χ2n) is 6.19. The molecule has 0 radical (unpaired) electrons. The number of benzene rings is 2. The van der Waals surface area contributed by atoms with Crippen molar-refractivity contribution in [2.45, 2.75) is 19.9 Å². The van der Waals surface area contributed by atoms with Gasteiger partial charge in [0.05, 0.1) is 23.9 Å². The number of hydrogen-bond acceptors (Lipinski definition) is 6. The van der Waals surface area contributed by atoms with Gasteiger partial charge in [-0.2, -0.15) is 0 Å². The number of hydrogen-bond donors (Lipinski definition) is 3. The number of esters is 2. The zero-order valence-corrected chi connectivity index (χ0v) is 15.4. The molecule has 3 N–H and O–H groups in total. The predicted octanol–water partition coefficient (Wildman–Crippen LogP) is 2.22. The van der Waals surface area contributed by atoms with Gasteiger partial charge in [0.15, 0.2) is 0 Å². The van der Waals surface area contributed by atoms with Crippen LogP contribution in [0.2, 0.25) is 0 Å². The number of amides is 2. The van der Waals surface area contributed by atoms with Crippen molar-refractivity contribution >= 4 is 28.7 Å². The molecule has 1 unspecified atom stereocenters. The molecule has 2 amide bonds. The molecule has 1 aliphatic heterocycles. The molecule has 0 saturated carbocycles. The minimum atomic E-state index is -0.778. The van der Waals surface area contributed by atoms with Crippen LogP contribution in [0.4, 0.5) is 4.79 Å². The van der Waals surface area contributed by atoms with E-state index in [4.69, 9.17) is 9.47 Å². The van der Waals surface area contributed by atoms with Crippen LogP contribution in [0.1, 0.15) is 24.2 Å². The maximum absolute atomic E-state index is 12.5. The molecule has 1 atom stereocenters. The SMILES string of the molecule is CCOC(=O)C1=C(COC(=O)c2ccc3ccccc3c2O)NC(=O)NC1C. The Hall–Kier alpha value is -3.55. The number of aromatic hydroxyl groups is 1. The molecule has 3 rings (SSSR count). The zero-order valence-electron chi connectivity index (χ0n) is 15.4. The molecule has 0 spiro atoms. The number of carbonyl (C=O) groups is 3. The predicted molar refractivity (Wildman–Crippen MR) is 101 cm³/mol. The average Bonchev–Trinajstić information content (AvgIpc) is 2.66. The molecule has 0 saturated heterocycles. The van der Waals surface area contributed by atoms with Crippen molar-refractivity contribution in [2.75, 3.05) is 13.2 Å². The topological polar surface area (TPSA) is 114 Å². The van der Waals surface area contributed by atoms with Crippen molar-refractivity contribution in [3.8, 4) is 5.75 Å². The Morgan fingerprint density at radius 3 is 2.61 bits per heavy atom. The van der Waals surface area contributed by atoms with Crippen LogP contribution >= 0.6 is 0 Å². The van der Waals surface area contributed by atoms with E-state index in [1.165, 1.54) is 6.07 Å². The maximum Gasteiger partial charge on any atom is 0.342 e. The lowest BCUT2D eigenvalue weighted by molar-refractivity contribution is -0.139. The minimum Gasteiger partial charge on any atom is -0.506 e. The zero-order chi connectivity index (χ0) is 20.3. The molecular weight excluding hydrogens is 364 g/mol. The summed E-state index contributed by atoms with van der Waals surface area (Å²) >= 11 is 0. The lowest BCUT2D eigenvalue weighted by Crippen LogP contribution is -2.50. The molecule has 0 aromatic heterocycles. The van der Waals surface area contributed by atoms with Crippen LogP contribution in [0, 0.1) is 0 Å². The monoisotopic (exact) mass is 384 g/mol. The average molecular weight is 384 g/mol. The van der Waals surface area contributed by atoms with E-state index in [0.29, 0.717) is 5.39 Å². The third-order valence-electron chi connectivity index (χ3n) is 4.33. The van der Waals surface area contributed by atoms with Gasteiger partial charge >= 0.3 is 18.0 Å². The van der Waals surface area contributed by atoms with Crippen molar-refractivity contribution in [3.05, 3.63) is 53.2 Å². The highest BCUT2D eigenvalue weighted by Crippen LogP contribution is 2.29. The second-order valence-corrected chi connectivity index (χ2v) is 6.19. The first-order valence-corrected chi connectivity index (χ1v) is 8.77. The van der Waals surface area contributed by atoms with Gasteiger partial charge in [-0.1, -0.05) is 30.3 Å². The lowest BCUT2D eigenvalue weighted by atomic mass is 10.0. The number of carbonyl (C=O) groups excluding carboxylic acids is 3. The third kappa shape index (κ3) is 3.75. The Balaban J connectivity index is 1.84. The van der Waals surface area contributed by atoms with Gasteiger partial charge in [-0.15, -0.1) is 0 Å². The van der Waals surface area contributed by atoms with Gasteiger partial charge in [0.2, 0.25) is 0 Å². The summed E-state index contributed by atoms with van der Waals surface area (Å²) in [4.78, 5) is 36.4. The van der Waals surface area contributed by atoms with Gasteiger partial charge in [0.1, 0.15) is 17.9 Å². The summed E-state index contributed by atoms with van der Waals surface area (Å²) in [5, 5.41) is 16.7. The third-order valence-corrected chi connectivity index (χ3v) is 4.33. The summed E-state index contributed by atoms with van der Waals surface area (Å²) in [6.45, 7) is 3.11. The van der Waals surface area contributed by atoms with Gasteiger partial charge in [-0.25, -0.2) is 14.4 Å². The Bertz CT molecular complexity index is 982. The molecule has 0 bridgehead atoms. The first-order chi connectivity index (χ1) is 13.4. The van der Waals surface area contributed by atoms with Gasteiger partial charge in [0.25, 0.3) is 0 Å². The highest BCUT2D eigenvalue weighted by atomic mass is 16.5. The molecule has 8 heteroatoms. The second kappa shape index (κ2) is 7.99. The van der Waals surface area contributed by atoms with Gasteiger partial charge in [-0.3, -0.25) is 0 Å². The molecule has 2 aromatic rings. The fourth-order valence-electron chi connectivity index (χ4n) is 3.03. The lowest BCUT2D eigenvalue weighted by Gasteiger charge is -2.26. The number of phenolic OH excluding ortho intramolecular Hbond substituents is 1. The molecule has 146 valence electrons. The van der Waals surface area contributed by atoms with Crippen molar-refractivity contribution < 1.29 is 29.0 Å². The van der Waals surface area contributed by atoms with Crippen LogP contribution in [0.15, 0.2) is 47.7 Å². The van der Waals surface area contributed by atoms with Crippen LogP contribution in [0.5, 0.6) is 5.75 Å². The smallest absolute Gasteiger partial charge is 0.342 e. The summed E-state index contributed by atoms with van der Waals surface area (Å²) in [5.41, 5.74) is 0.311. The van der Waals surface area contributed by atoms with E-state index in [1.54, 1.807) is 32.0 Å². The van der Waals surface area contributed by atoms with Crippen LogP contribution < -0.4 is 10.6 Å². The number of nitrogens with one attached hydrogen (secondary N) is 2. The van der Waals surface area contributed by atoms with E-state index in [0.717, 1.165) is 5.39 Å². The maximum atomic E-state index is 12.5. The van der Waals surface area contributed by atoms with Gasteiger partial charge in [-0.05, 0) is 25.3 Å². The number of urea groups is 1. The number of ether oxygens (including phenoxy) is 2. The molecule has 1 heterocycles. The first kappa shape index (κ1) is 19.2. The van der Waals surface area contributed by atoms with E-state index < -0.39 is 24.0 Å². The quantitative estimate of drug-likeness (QED) is 0.681. The van der Waals surface area contributed by atoms with Crippen molar-refractivity contribution in [1.29, 1.82) is 0 Å². The highest BCUT2D eigenvalue weighted by molar-refractivity contribution is 6.01. The number of rotatable bonds is 5. The summed E-state index contributed by atoms with van der Waals surface area (Å²) in [6.07, 6.45) is 0. The van der Waals surface area contributed by atoms with E-state index >= 15 is 0 Å². The highest BCUT2D eigenvalue weighted by Gasteiger charge is 2.30. The Morgan fingerprint density at radius 2 is 1.86 bits per heavy atom. The van der Waals surface area contributed by atoms with Crippen molar-refractivity contribution in [1.82, 2.24) is 10.6 Å². The van der Waals surface area contributed by atoms with E-state index in [-0.39, 0.29) is 35.8 Å². The fourth-order valence-corrected chi connectivity index (χ4v) is 3.03. The van der Waals surface area contributed by atoms with E-state index in [1.807, 2.05) is 12.1 Å². The normalized spacial score (nSPS) is 16.4. The van der Waals surface area contributed by atoms with E-state index in [2.05, 4.69) is 10.6 Å². The fraction of sp³-hybridized carbons (Fsp3) is 0.250. The van der Waals surface area contributed by atoms with Crippen LogP contribution in [-0.4, -0.2) is 42.3 Å². The Kier molecular flexibility index (Phi) is 5.49. The molecule has 8 nitrogen and oxygen atoms in total. The van der Waals surface area contributed by atoms with Gasteiger partial charge < -0.3 is 25.2 Å². The molecule has 28 heavy (non-hydrogen) atoms. The standard InChI is InChI=1S/C20H20N2O6/c1-3-27-19(25)16-11(2)21-20(26)22-15(16)10-28-18(24)14-9-8-12-6-4-5-7-13(12)17(14)23/h4-9,11,23H,3,10H2,1-2H3,(H2,21,22,26). The van der Waals surface area contributed by atoms with Crippen LogP contribution in [0.25, 0.3) is 10.8 Å². The molecular formula is C20H20N2O6. The Morgan fingerprint density at radius 1 is 1.11 bits per heavy atom. The molecule has 0 fully saturated rings. The van der Waals surface area contributed by atoms with E-state index in [9.17, 15) is 19.5 Å². The summed E-state index contributed by atoms with van der Waals surface area (Å²) in [7, 11) is 0. The molecule has 2 aromatic carbocycles. The summed E-state index contributed by atoms with van der Waals surface area (Å²) in [6, 6.07) is 9.12. The number of phenols is 1. The molecule has 1 aliphatic rings. The minimum absolute atomic E-state index is 0.00899. The number of fused-ring (bicyclic) bond motifs is 1. The largest absolute Gasteiger partial charge is 0.506 e. The summed E-state index contributed by atoms with van der Waals surface area (Å²) in [5.74, 6) is -1.58. The van der Waals surface area contributed by atoms with Crippen molar-refractivity contribution in [2.24, 2.45) is 0 Å². The van der Waals surface area contributed by atoms with Crippen LogP contribution in [-0.2, 0) is 14.3 Å². The van der Waals surface area contributed by atoms with Gasteiger partial charge in [0, 0.05) is 5.39 Å². The first-order valence-electron chi connectivity index (χ1n) is 8.77. The Labute approximate surface area is 161 Å².